The summed E-state index contributed by atoms with van der Waals surface area (Å²) in [5.74, 6) is 2.27. The highest BCUT2D eigenvalue weighted by atomic mass is 32.2. The first-order chi connectivity index (χ1) is 14.2. The molecule has 0 spiro atoms. The minimum atomic E-state index is 0.694. The van der Waals surface area contributed by atoms with Crippen LogP contribution in [0.2, 0.25) is 0 Å². The van der Waals surface area contributed by atoms with Gasteiger partial charge in [-0.1, -0.05) is 48.5 Å². The molecule has 0 radical (unpaired) electrons. The number of fused-ring (bicyclic) bond motifs is 1. The molecule has 0 aliphatic rings. The normalized spacial score (nSPS) is 11.2. The fourth-order valence-electron chi connectivity index (χ4n) is 3.18. The number of hydrogen-bond acceptors (Lipinski definition) is 6. The van der Waals surface area contributed by atoms with Crippen molar-refractivity contribution in [3.8, 4) is 22.8 Å². The van der Waals surface area contributed by atoms with Gasteiger partial charge in [0.1, 0.15) is 10.8 Å². The first-order valence-corrected chi connectivity index (χ1v) is 9.96. The first kappa shape index (κ1) is 17.6. The van der Waals surface area contributed by atoms with Gasteiger partial charge < -0.3 is 8.98 Å². The van der Waals surface area contributed by atoms with Gasteiger partial charge in [-0.25, -0.2) is 9.97 Å². The predicted molar refractivity (Wildman–Crippen MR) is 113 cm³/mol. The molecule has 0 saturated heterocycles. The van der Waals surface area contributed by atoms with Crippen LogP contribution in [0.4, 0.5) is 0 Å². The maximum absolute atomic E-state index is 5.42. The van der Waals surface area contributed by atoms with Crippen LogP contribution >= 0.6 is 11.8 Å². The molecule has 29 heavy (non-hydrogen) atoms. The molecule has 0 aliphatic heterocycles. The second-order valence-corrected chi connectivity index (χ2v) is 7.55. The third-order valence-electron chi connectivity index (χ3n) is 4.72. The van der Waals surface area contributed by atoms with Gasteiger partial charge in [0, 0.05) is 18.0 Å². The zero-order chi connectivity index (χ0) is 19.8. The molecule has 0 amide bonds. The first-order valence-electron chi connectivity index (χ1n) is 9.14. The topological polar surface area (TPSA) is 69.6 Å². The highest BCUT2D eigenvalue weighted by Crippen LogP contribution is 2.34. The molecule has 7 heteroatoms. The van der Waals surface area contributed by atoms with Crippen molar-refractivity contribution in [2.75, 3.05) is 0 Å². The molecule has 3 aromatic heterocycles. The molecule has 0 fully saturated rings. The van der Waals surface area contributed by atoms with Crippen LogP contribution in [0.1, 0.15) is 5.76 Å². The van der Waals surface area contributed by atoms with E-state index >= 15 is 0 Å². The number of hydrogen-bond donors (Lipinski definition) is 0. The Bertz CT molecular complexity index is 1310. The van der Waals surface area contributed by atoms with Crippen molar-refractivity contribution in [2.45, 2.75) is 17.1 Å². The van der Waals surface area contributed by atoms with Crippen LogP contribution < -0.4 is 0 Å². The molecular weight excluding hydrogens is 382 g/mol. The maximum Gasteiger partial charge on any atom is 0.197 e. The Hall–Kier alpha value is -3.45. The second-order valence-electron chi connectivity index (χ2n) is 6.59. The minimum absolute atomic E-state index is 0.694. The summed E-state index contributed by atoms with van der Waals surface area (Å²) in [5.41, 5.74) is 2.81. The van der Waals surface area contributed by atoms with Crippen LogP contribution in [0.25, 0.3) is 33.7 Å². The third-order valence-corrected chi connectivity index (χ3v) is 5.77. The fourth-order valence-corrected chi connectivity index (χ4v) is 4.08. The Labute approximate surface area is 171 Å². The van der Waals surface area contributed by atoms with E-state index in [0.717, 1.165) is 43.8 Å². The zero-order valence-corrected chi connectivity index (χ0v) is 16.7. The van der Waals surface area contributed by atoms with Crippen molar-refractivity contribution in [1.29, 1.82) is 0 Å². The lowest BCUT2D eigenvalue weighted by atomic mass is 10.2. The van der Waals surface area contributed by atoms with Crippen LogP contribution in [0.5, 0.6) is 0 Å². The Kier molecular flexibility index (Phi) is 4.37. The molecule has 142 valence electrons. The van der Waals surface area contributed by atoms with E-state index in [4.69, 9.17) is 14.4 Å². The summed E-state index contributed by atoms with van der Waals surface area (Å²) in [5, 5.41) is 11.3. The number of benzene rings is 2. The lowest BCUT2D eigenvalue weighted by Crippen LogP contribution is -1.97. The molecule has 0 N–H and O–H groups in total. The standard InChI is InChI=1S/C22H17N5OS/c1-14-16(12-13-28-14)20-25-26-22(27(20)2)29-21-17-10-6-7-11-18(17)23-19(24-21)15-8-4-3-5-9-15/h3-13H,1-2H3. The van der Waals surface area contributed by atoms with E-state index in [0.29, 0.717) is 5.82 Å². The lowest BCUT2D eigenvalue weighted by Gasteiger charge is -2.08. The molecule has 0 atom stereocenters. The molecular formula is C22H17N5OS. The Balaban J connectivity index is 1.61. The van der Waals surface area contributed by atoms with Gasteiger partial charge >= 0.3 is 0 Å². The van der Waals surface area contributed by atoms with E-state index in [-0.39, 0.29) is 0 Å². The van der Waals surface area contributed by atoms with Gasteiger partial charge in [0.05, 0.1) is 17.3 Å². The van der Waals surface area contributed by atoms with Crippen LogP contribution in [-0.2, 0) is 7.05 Å². The van der Waals surface area contributed by atoms with Crippen LogP contribution in [-0.4, -0.2) is 24.7 Å². The van der Waals surface area contributed by atoms with Gasteiger partial charge in [-0.3, -0.25) is 0 Å². The number of para-hydroxylation sites is 1. The average Bonchev–Trinajstić information content (AvgIpc) is 3.34. The van der Waals surface area contributed by atoms with Crippen molar-refractivity contribution in [3.63, 3.8) is 0 Å². The van der Waals surface area contributed by atoms with Crippen molar-refractivity contribution in [1.82, 2.24) is 24.7 Å². The van der Waals surface area contributed by atoms with Crippen LogP contribution in [0, 0.1) is 6.92 Å². The molecule has 5 aromatic rings. The summed E-state index contributed by atoms with van der Waals surface area (Å²) < 4.78 is 7.38. The highest BCUT2D eigenvalue weighted by molar-refractivity contribution is 7.99. The van der Waals surface area contributed by atoms with E-state index in [1.54, 1.807) is 6.26 Å². The molecule has 0 bridgehead atoms. The SMILES string of the molecule is Cc1occc1-c1nnc(Sc2nc(-c3ccccc3)nc3ccccc23)n1C. The molecule has 5 rings (SSSR count). The largest absolute Gasteiger partial charge is 0.469 e. The lowest BCUT2D eigenvalue weighted by molar-refractivity contribution is 0.534. The summed E-state index contributed by atoms with van der Waals surface area (Å²) in [7, 11) is 1.95. The third kappa shape index (κ3) is 3.19. The minimum Gasteiger partial charge on any atom is -0.469 e. The van der Waals surface area contributed by atoms with E-state index in [1.807, 2.05) is 79.2 Å². The van der Waals surface area contributed by atoms with Gasteiger partial charge in [-0.05, 0) is 30.8 Å². The Morgan fingerprint density at radius 1 is 0.897 bits per heavy atom. The van der Waals surface area contributed by atoms with Crippen molar-refractivity contribution in [2.24, 2.45) is 7.05 Å². The van der Waals surface area contributed by atoms with Crippen molar-refractivity contribution >= 4 is 22.7 Å². The monoisotopic (exact) mass is 399 g/mol. The Morgan fingerprint density at radius 3 is 2.48 bits per heavy atom. The molecule has 0 aliphatic carbocycles. The molecule has 2 aromatic carbocycles. The molecule has 0 saturated carbocycles. The number of furan rings is 1. The quantitative estimate of drug-likeness (QED) is 0.390. The number of rotatable bonds is 4. The van der Waals surface area contributed by atoms with E-state index in [9.17, 15) is 0 Å². The van der Waals surface area contributed by atoms with Crippen LogP contribution in [0.3, 0.4) is 0 Å². The number of aryl methyl sites for hydroxylation is 1. The van der Waals surface area contributed by atoms with Gasteiger partial charge in [0.2, 0.25) is 0 Å². The average molecular weight is 399 g/mol. The molecule has 3 heterocycles. The van der Waals surface area contributed by atoms with E-state index < -0.39 is 0 Å². The predicted octanol–water partition coefficient (Wildman–Crippen LogP) is 5.14. The van der Waals surface area contributed by atoms with Gasteiger partial charge in [-0.15, -0.1) is 10.2 Å². The summed E-state index contributed by atoms with van der Waals surface area (Å²) in [6, 6.07) is 19.9. The zero-order valence-electron chi connectivity index (χ0n) is 15.9. The van der Waals surface area contributed by atoms with Gasteiger partial charge in [0.15, 0.2) is 16.8 Å². The highest BCUT2D eigenvalue weighted by Gasteiger charge is 2.18. The van der Waals surface area contributed by atoms with Crippen molar-refractivity contribution < 1.29 is 4.42 Å². The van der Waals surface area contributed by atoms with E-state index in [2.05, 4.69) is 10.2 Å². The van der Waals surface area contributed by atoms with Gasteiger partial charge in [0.25, 0.3) is 0 Å². The second kappa shape index (κ2) is 7.18. The summed E-state index contributed by atoms with van der Waals surface area (Å²) in [4.78, 5) is 9.60. The smallest absolute Gasteiger partial charge is 0.197 e. The summed E-state index contributed by atoms with van der Waals surface area (Å²) in [6.07, 6.45) is 1.66. The fraction of sp³-hybridized carbons (Fsp3) is 0.0909. The molecule has 0 unspecified atom stereocenters. The van der Waals surface area contributed by atoms with Crippen LogP contribution in [0.15, 0.2) is 81.5 Å². The van der Waals surface area contributed by atoms with Crippen molar-refractivity contribution in [3.05, 3.63) is 72.7 Å². The molecule has 6 nitrogen and oxygen atoms in total. The number of nitrogens with zero attached hydrogens (tertiary/aromatic N) is 5. The maximum atomic E-state index is 5.42. The van der Waals surface area contributed by atoms with Gasteiger partial charge in [-0.2, -0.15) is 0 Å². The van der Waals surface area contributed by atoms with E-state index in [1.165, 1.54) is 11.8 Å². The summed E-state index contributed by atoms with van der Waals surface area (Å²) >= 11 is 1.48. The number of aromatic nitrogens is 5. The Morgan fingerprint density at radius 2 is 1.69 bits per heavy atom. The summed E-state index contributed by atoms with van der Waals surface area (Å²) in [6.45, 7) is 1.92.